The van der Waals surface area contributed by atoms with Crippen molar-refractivity contribution in [3.05, 3.63) is 53.6 Å². The Kier molecular flexibility index (Phi) is 7.94. The zero-order valence-electron chi connectivity index (χ0n) is 18.8. The zero-order valence-corrected chi connectivity index (χ0v) is 18.8. The summed E-state index contributed by atoms with van der Waals surface area (Å²) in [4.78, 5) is 16.1. The second kappa shape index (κ2) is 10.9. The lowest BCUT2D eigenvalue weighted by Gasteiger charge is -2.14. The highest BCUT2D eigenvalue weighted by molar-refractivity contribution is 5.74. The molecular formula is C24H29NO7. The van der Waals surface area contributed by atoms with E-state index in [1.165, 1.54) is 0 Å². The molecule has 0 unspecified atom stereocenters. The fourth-order valence-corrected chi connectivity index (χ4v) is 3.13. The second-order valence-electron chi connectivity index (χ2n) is 7.67. The van der Waals surface area contributed by atoms with Gasteiger partial charge in [-0.1, -0.05) is 6.07 Å². The molecule has 3 aromatic rings. The quantitative estimate of drug-likeness (QED) is 0.433. The van der Waals surface area contributed by atoms with Gasteiger partial charge in [0.25, 0.3) is 5.89 Å². The molecule has 0 amide bonds. The van der Waals surface area contributed by atoms with E-state index in [0.717, 1.165) is 5.56 Å². The van der Waals surface area contributed by atoms with Crippen molar-refractivity contribution in [3.63, 3.8) is 0 Å². The first-order valence-electron chi connectivity index (χ1n) is 10.6. The van der Waals surface area contributed by atoms with Crippen LogP contribution in [0.2, 0.25) is 0 Å². The van der Waals surface area contributed by atoms with E-state index in [0.29, 0.717) is 53.9 Å². The molecule has 1 atom stereocenters. The van der Waals surface area contributed by atoms with E-state index in [9.17, 15) is 9.90 Å². The largest absolute Gasteiger partial charge is 0.493 e. The van der Waals surface area contributed by atoms with Gasteiger partial charge in [0.2, 0.25) is 0 Å². The first-order chi connectivity index (χ1) is 15.4. The van der Waals surface area contributed by atoms with Crippen LogP contribution in [0.1, 0.15) is 43.7 Å². The molecule has 32 heavy (non-hydrogen) atoms. The number of methoxy groups -OCH3 is 1. The Labute approximate surface area is 187 Å². The van der Waals surface area contributed by atoms with E-state index < -0.39 is 12.1 Å². The van der Waals surface area contributed by atoms with Crippen molar-refractivity contribution in [1.82, 2.24) is 4.98 Å². The molecule has 0 spiro atoms. The summed E-state index contributed by atoms with van der Waals surface area (Å²) in [5.74, 6) is 2.21. The summed E-state index contributed by atoms with van der Waals surface area (Å²) in [7, 11) is 1.58. The van der Waals surface area contributed by atoms with Crippen LogP contribution in [-0.2, 0) is 22.6 Å². The minimum absolute atomic E-state index is 0.218. The summed E-state index contributed by atoms with van der Waals surface area (Å²) in [5, 5.41) is 9.91. The monoisotopic (exact) mass is 443 g/mol. The predicted octanol–water partition coefficient (Wildman–Crippen LogP) is 4.47. The van der Waals surface area contributed by atoms with E-state index in [4.69, 9.17) is 23.0 Å². The number of carbonyl (C=O) groups excluding carboxylic acids is 1. The normalized spacial score (nSPS) is 12.1. The molecule has 0 bridgehead atoms. The number of oxazole rings is 1. The maximum atomic E-state index is 11.7. The maximum Gasteiger partial charge on any atom is 0.335 e. The number of nitrogens with zero attached hydrogens (tertiary/aromatic N) is 1. The molecule has 3 rings (SSSR count). The third-order valence-electron chi connectivity index (χ3n) is 4.78. The molecule has 1 aromatic carbocycles. The van der Waals surface area contributed by atoms with Crippen LogP contribution in [-0.4, -0.2) is 35.4 Å². The van der Waals surface area contributed by atoms with Gasteiger partial charge in [0.15, 0.2) is 23.4 Å². The van der Waals surface area contributed by atoms with Gasteiger partial charge in [0.1, 0.15) is 18.1 Å². The van der Waals surface area contributed by atoms with Crippen LogP contribution in [0.4, 0.5) is 0 Å². The van der Waals surface area contributed by atoms with Crippen LogP contribution >= 0.6 is 0 Å². The Morgan fingerprint density at radius 2 is 2.03 bits per heavy atom. The summed E-state index contributed by atoms with van der Waals surface area (Å²) < 4.78 is 27.4. The zero-order chi connectivity index (χ0) is 23.1. The number of aromatic nitrogens is 1. The van der Waals surface area contributed by atoms with Crippen LogP contribution in [0.5, 0.6) is 11.5 Å². The number of hydrogen-bond donors (Lipinski definition) is 1. The average Bonchev–Trinajstić information content (AvgIpc) is 3.42. The highest BCUT2D eigenvalue weighted by Gasteiger charge is 2.18. The van der Waals surface area contributed by atoms with E-state index in [-0.39, 0.29) is 12.7 Å². The molecule has 0 aliphatic heterocycles. The molecule has 0 radical (unpaired) electrons. The second-order valence-corrected chi connectivity index (χ2v) is 7.67. The fourth-order valence-electron chi connectivity index (χ4n) is 3.13. The molecule has 0 saturated heterocycles. The van der Waals surface area contributed by atoms with Gasteiger partial charge in [-0.25, -0.2) is 9.78 Å². The van der Waals surface area contributed by atoms with Gasteiger partial charge in [-0.15, -0.1) is 0 Å². The number of aliphatic hydroxyl groups excluding tert-OH is 1. The van der Waals surface area contributed by atoms with Gasteiger partial charge in [-0.2, -0.15) is 0 Å². The van der Waals surface area contributed by atoms with Crippen molar-refractivity contribution in [1.29, 1.82) is 0 Å². The summed E-state index contributed by atoms with van der Waals surface area (Å²) in [6, 6.07) is 9.21. The highest BCUT2D eigenvalue weighted by atomic mass is 16.6. The first kappa shape index (κ1) is 23.4. The van der Waals surface area contributed by atoms with Crippen LogP contribution in [0, 0.1) is 6.92 Å². The first-order valence-corrected chi connectivity index (χ1v) is 10.6. The van der Waals surface area contributed by atoms with Crippen molar-refractivity contribution >= 4 is 5.97 Å². The number of ether oxygens (including phenoxy) is 3. The van der Waals surface area contributed by atoms with Crippen molar-refractivity contribution < 1.29 is 32.9 Å². The number of hydrogen-bond acceptors (Lipinski definition) is 8. The molecule has 8 nitrogen and oxygen atoms in total. The van der Waals surface area contributed by atoms with Gasteiger partial charge in [-0.3, -0.25) is 0 Å². The summed E-state index contributed by atoms with van der Waals surface area (Å²) in [6.07, 6.45) is 1.85. The third-order valence-corrected chi connectivity index (χ3v) is 4.78. The lowest BCUT2D eigenvalue weighted by molar-refractivity contribution is -0.157. The van der Waals surface area contributed by atoms with Gasteiger partial charge >= 0.3 is 5.97 Å². The highest BCUT2D eigenvalue weighted by Crippen LogP contribution is 2.30. The van der Waals surface area contributed by atoms with Gasteiger partial charge in [0, 0.05) is 0 Å². The molecule has 0 aliphatic rings. The van der Waals surface area contributed by atoms with E-state index >= 15 is 0 Å². The number of aryl methyl sites for hydroxylation is 2. The number of carbonyl (C=O) groups is 1. The summed E-state index contributed by atoms with van der Waals surface area (Å²) >= 11 is 0. The van der Waals surface area contributed by atoms with E-state index in [1.807, 2.05) is 25.1 Å². The summed E-state index contributed by atoms with van der Waals surface area (Å²) in [5.41, 5.74) is 1.68. The van der Waals surface area contributed by atoms with E-state index in [2.05, 4.69) is 4.98 Å². The third kappa shape index (κ3) is 6.13. The lowest BCUT2D eigenvalue weighted by Crippen LogP contribution is -2.25. The number of furan rings is 1. The van der Waals surface area contributed by atoms with Crippen molar-refractivity contribution in [2.24, 2.45) is 0 Å². The Balaban J connectivity index is 1.56. The maximum absolute atomic E-state index is 11.7. The van der Waals surface area contributed by atoms with Crippen LogP contribution in [0.3, 0.4) is 0 Å². The molecule has 1 N–H and O–H groups in total. The number of aliphatic hydroxyl groups is 1. The Hall–Kier alpha value is -3.26. The van der Waals surface area contributed by atoms with Gasteiger partial charge in [-0.05, 0) is 69.9 Å². The fraction of sp³-hybridized carbons (Fsp3) is 0.417. The smallest absolute Gasteiger partial charge is 0.335 e. The molecule has 0 aliphatic carbocycles. The molecule has 2 aromatic heterocycles. The van der Waals surface area contributed by atoms with Crippen molar-refractivity contribution in [2.75, 3.05) is 7.11 Å². The van der Waals surface area contributed by atoms with E-state index in [1.54, 1.807) is 39.4 Å². The van der Waals surface area contributed by atoms with Crippen molar-refractivity contribution in [2.45, 2.75) is 58.8 Å². The minimum atomic E-state index is -1.11. The van der Waals surface area contributed by atoms with Gasteiger partial charge in [0.05, 0.1) is 19.5 Å². The SMILES string of the molecule is COc1cc(CCC[C@H](O)C(=O)OC(C)C)ccc1OCc1nc(-c2ccco2)oc1C. The average molecular weight is 443 g/mol. The lowest BCUT2D eigenvalue weighted by atomic mass is 10.1. The molecular weight excluding hydrogens is 414 g/mol. The van der Waals surface area contributed by atoms with Crippen LogP contribution < -0.4 is 9.47 Å². The molecule has 0 fully saturated rings. The summed E-state index contributed by atoms with van der Waals surface area (Å²) in [6.45, 7) is 5.55. The number of esters is 1. The molecule has 2 heterocycles. The number of benzene rings is 1. The molecule has 0 saturated carbocycles. The van der Waals surface area contributed by atoms with Gasteiger partial charge < -0.3 is 28.2 Å². The molecule has 172 valence electrons. The van der Waals surface area contributed by atoms with Crippen LogP contribution in [0.25, 0.3) is 11.7 Å². The molecule has 8 heteroatoms. The van der Waals surface area contributed by atoms with Crippen LogP contribution in [0.15, 0.2) is 45.4 Å². The Bertz CT molecular complexity index is 1010. The van der Waals surface area contributed by atoms with Crippen molar-refractivity contribution in [3.8, 4) is 23.1 Å². The topological polar surface area (TPSA) is 104 Å². The number of rotatable bonds is 11. The predicted molar refractivity (Wildman–Crippen MR) is 116 cm³/mol. The Morgan fingerprint density at radius 3 is 2.72 bits per heavy atom. The standard InChI is InChI=1S/C24H29NO7/c1-15(2)31-24(27)19(26)8-5-7-17-10-11-20(22(13-17)28-4)30-14-18-16(3)32-23(25-18)21-9-6-12-29-21/h6,9-13,15,19,26H,5,7-8,14H2,1-4H3/t19-/m0/s1. The Morgan fingerprint density at radius 1 is 1.22 bits per heavy atom. The minimum Gasteiger partial charge on any atom is -0.493 e.